The van der Waals surface area contributed by atoms with Gasteiger partial charge in [-0.2, -0.15) is 0 Å². The van der Waals surface area contributed by atoms with Gasteiger partial charge in [-0.05, 0) is 30.7 Å². The van der Waals surface area contributed by atoms with Crippen LogP contribution in [-0.2, 0) is 0 Å². The van der Waals surface area contributed by atoms with Gasteiger partial charge in [0.15, 0.2) is 0 Å². The molecule has 2 nitrogen and oxygen atoms in total. The van der Waals surface area contributed by atoms with Crippen LogP contribution in [0.3, 0.4) is 0 Å². The van der Waals surface area contributed by atoms with E-state index in [2.05, 4.69) is 0 Å². The minimum atomic E-state index is -0.144. The first-order valence-electron chi connectivity index (χ1n) is 5.53. The lowest BCUT2D eigenvalue weighted by Crippen LogP contribution is -2.18. The van der Waals surface area contributed by atoms with Crippen molar-refractivity contribution in [3.8, 4) is 0 Å². The first-order valence-corrected chi connectivity index (χ1v) is 5.53. The highest BCUT2D eigenvalue weighted by atomic mass is 16.3. The third kappa shape index (κ3) is 2.45. The Balaban J connectivity index is 2.11. The number of rotatable bonds is 2. The fourth-order valence-electron chi connectivity index (χ4n) is 2.31. The molecule has 1 N–H and O–H groups in total. The van der Waals surface area contributed by atoms with E-state index in [1.807, 2.05) is 24.3 Å². The van der Waals surface area contributed by atoms with Gasteiger partial charge >= 0.3 is 0 Å². The number of aliphatic hydroxyl groups excluding tert-OH is 1. The molecule has 80 valence electrons. The number of aliphatic hydroxyl groups is 1. The second kappa shape index (κ2) is 4.58. The zero-order valence-corrected chi connectivity index (χ0v) is 8.73. The molecule has 2 rings (SSSR count). The maximum absolute atomic E-state index is 10.5. The molecule has 1 aromatic rings. The summed E-state index contributed by atoms with van der Waals surface area (Å²) in [5.41, 5.74) is 1.97. The molecule has 1 aliphatic rings. The van der Waals surface area contributed by atoms with Crippen molar-refractivity contribution in [3.63, 3.8) is 0 Å². The third-order valence-electron chi connectivity index (χ3n) is 3.19. The molecule has 0 bridgehead atoms. The van der Waals surface area contributed by atoms with Gasteiger partial charge in [0.2, 0.25) is 0 Å². The molecule has 0 amide bonds. The van der Waals surface area contributed by atoms with E-state index < -0.39 is 0 Å². The van der Waals surface area contributed by atoms with Crippen molar-refractivity contribution in [2.45, 2.75) is 37.7 Å². The number of carbonyl (C=O) groups is 1. The van der Waals surface area contributed by atoms with Crippen molar-refractivity contribution in [1.82, 2.24) is 0 Å². The van der Waals surface area contributed by atoms with Gasteiger partial charge in [0.25, 0.3) is 0 Å². The van der Waals surface area contributed by atoms with Crippen molar-refractivity contribution in [2.75, 3.05) is 0 Å². The molecule has 0 radical (unpaired) electrons. The second-order valence-electron chi connectivity index (χ2n) is 4.30. The molecule has 2 atom stereocenters. The Morgan fingerprint density at radius 1 is 1.20 bits per heavy atom. The van der Waals surface area contributed by atoms with Crippen LogP contribution in [0.5, 0.6) is 0 Å². The van der Waals surface area contributed by atoms with Crippen molar-refractivity contribution < 1.29 is 9.90 Å². The van der Waals surface area contributed by atoms with E-state index in [1.54, 1.807) is 0 Å². The predicted molar refractivity (Wildman–Crippen MR) is 59.0 cm³/mol. The summed E-state index contributed by atoms with van der Waals surface area (Å²) in [7, 11) is 0. The van der Waals surface area contributed by atoms with Gasteiger partial charge in [-0.3, -0.25) is 4.79 Å². The number of aldehydes is 1. The molecule has 0 saturated heterocycles. The Kier molecular flexibility index (Phi) is 3.17. The molecule has 1 saturated carbocycles. The number of hydrogen-bond acceptors (Lipinski definition) is 2. The molecule has 15 heavy (non-hydrogen) atoms. The Morgan fingerprint density at radius 2 is 1.93 bits per heavy atom. The lowest BCUT2D eigenvalue weighted by Gasteiger charge is -2.26. The SMILES string of the molecule is O=Cc1ccc(C2CCCC(O)C2)cc1. The first kappa shape index (κ1) is 10.4. The van der Waals surface area contributed by atoms with E-state index in [9.17, 15) is 9.90 Å². The van der Waals surface area contributed by atoms with Crippen LogP contribution in [0.25, 0.3) is 0 Å². The average molecular weight is 204 g/mol. The average Bonchev–Trinajstić information content (AvgIpc) is 2.29. The van der Waals surface area contributed by atoms with Gasteiger partial charge in [-0.25, -0.2) is 0 Å². The van der Waals surface area contributed by atoms with Gasteiger partial charge < -0.3 is 5.11 Å². The van der Waals surface area contributed by atoms with Crippen LogP contribution < -0.4 is 0 Å². The quantitative estimate of drug-likeness (QED) is 0.751. The second-order valence-corrected chi connectivity index (χ2v) is 4.30. The van der Waals surface area contributed by atoms with Crippen LogP contribution in [0.15, 0.2) is 24.3 Å². The molecule has 1 aromatic carbocycles. The highest BCUT2D eigenvalue weighted by Crippen LogP contribution is 2.32. The summed E-state index contributed by atoms with van der Waals surface area (Å²) >= 11 is 0. The van der Waals surface area contributed by atoms with Gasteiger partial charge in [0.1, 0.15) is 6.29 Å². The van der Waals surface area contributed by atoms with Crippen LogP contribution in [0.4, 0.5) is 0 Å². The molecular weight excluding hydrogens is 188 g/mol. The number of carbonyl (C=O) groups excluding carboxylic acids is 1. The van der Waals surface area contributed by atoms with Gasteiger partial charge in [-0.15, -0.1) is 0 Å². The van der Waals surface area contributed by atoms with E-state index in [0.717, 1.165) is 37.5 Å². The molecule has 2 heteroatoms. The van der Waals surface area contributed by atoms with E-state index in [0.29, 0.717) is 5.92 Å². The largest absolute Gasteiger partial charge is 0.393 e. The zero-order chi connectivity index (χ0) is 10.7. The fraction of sp³-hybridized carbons (Fsp3) is 0.462. The first-order chi connectivity index (χ1) is 7.29. The third-order valence-corrected chi connectivity index (χ3v) is 3.19. The Bertz CT molecular complexity index is 329. The van der Waals surface area contributed by atoms with Gasteiger partial charge in [-0.1, -0.05) is 30.7 Å². The lowest BCUT2D eigenvalue weighted by molar-refractivity contribution is 0.112. The van der Waals surface area contributed by atoms with E-state index >= 15 is 0 Å². The minimum absolute atomic E-state index is 0.144. The lowest BCUT2D eigenvalue weighted by atomic mass is 9.82. The van der Waals surface area contributed by atoms with Crippen LogP contribution >= 0.6 is 0 Å². The summed E-state index contributed by atoms with van der Waals surface area (Å²) in [6, 6.07) is 7.71. The van der Waals surface area contributed by atoms with Crippen molar-refractivity contribution in [3.05, 3.63) is 35.4 Å². The Hall–Kier alpha value is -1.15. The highest BCUT2D eigenvalue weighted by molar-refractivity contribution is 5.74. The van der Waals surface area contributed by atoms with Crippen molar-refractivity contribution in [2.24, 2.45) is 0 Å². The summed E-state index contributed by atoms with van der Waals surface area (Å²) in [5.74, 6) is 0.467. The maximum Gasteiger partial charge on any atom is 0.150 e. The van der Waals surface area contributed by atoms with Crippen molar-refractivity contribution in [1.29, 1.82) is 0 Å². The predicted octanol–water partition coefficient (Wildman–Crippen LogP) is 2.52. The maximum atomic E-state index is 10.5. The van der Waals surface area contributed by atoms with E-state index in [4.69, 9.17) is 0 Å². The molecule has 0 aromatic heterocycles. The van der Waals surface area contributed by atoms with Gasteiger partial charge in [0.05, 0.1) is 6.10 Å². The zero-order valence-electron chi connectivity index (χ0n) is 8.73. The fourth-order valence-corrected chi connectivity index (χ4v) is 2.31. The van der Waals surface area contributed by atoms with Crippen molar-refractivity contribution >= 4 is 6.29 Å². The van der Waals surface area contributed by atoms with Crippen LogP contribution in [0.1, 0.15) is 47.5 Å². The van der Waals surface area contributed by atoms with E-state index in [1.165, 1.54) is 5.56 Å². The summed E-state index contributed by atoms with van der Waals surface area (Å²) in [4.78, 5) is 10.5. The molecule has 0 spiro atoms. The molecular formula is C13H16O2. The number of hydrogen-bond donors (Lipinski definition) is 1. The van der Waals surface area contributed by atoms with Gasteiger partial charge in [0, 0.05) is 5.56 Å². The highest BCUT2D eigenvalue weighted by Gasteiger charge is 2.21. The molecule has 0 aliphatic heterocycles. The van der Waals surface area contributed by atoms with Crippen LogP contribution in [-0.4, -0.2) is 17.5 Å². The van der Waals surface area contributed by atoms with E-state index in [-0.39, 0.29) is 6.10 Å². The molecule has 2 unspecified atom stereocenters. The topological polar surface area (TPSA) is 37.3 Å². The summed E-state index contributed by atoms with van der Waals surface area (Å²) in [5, 5.41) is 9.59. The minimum Gasteiger partial charge on any atom is -0.393 e. The summed E-state index contributed by atoms with van der Waals surface area (Å²) < 4.78 is 0. The smallest absolute Gasteiger partial charge is 0.150 e. The normalized spacial score (nSPS) is 26.2. The molecule has 1 aliphatic carbocycles. The van der Waals surface area contributed by atoms with Crippen LogP contribution in [0.2, 0.25) is 0 Å². The Morgan fingerprint density at radius 3 is 2.53 bits per heavy atom. The monoisotopic (exact) mass is 204 g/mol. The summed E-state index contributed by atoms with van der Waals surface area (Å²) in [6.07, 6.45) is 4.76. The number of benzene rings is 1. The Labute approximate surface area is 89.9 Å². The summed E-state index contributed by atoms with van der Waals surface area (Å²) in [6.45, 7) is 0. The molecule has 1 fully saturated rings. The standard InChI is InChI=1S/C13H16O2/c14-9-10-4-6-11(7-5-10)12-2-1-3-13(15)8-12/h4-7,9,12-13,15H,1-3,8H2. The van der Waals surface area contributed by atoms with Crippen LogP contribution in [0, 0.1) is 0 Å². The molecule has 0 heterocycles.